The van der Waals surface area contributed by atoms with E-state index in [4.69, 9.17) is 10.00 Å². The van der Waals surface area contributed by atoms with Gasteiger partial charge in [0.05, 0.1) is 17.7 Å². The Morgan fingerprint density at radius 3 is 2.45 bits per heavy atom. The van der Waals surface area contributed by atoms with Crippen molar-refractivity contribution in [1.29, 1.82) is 5.26 Å². The topological polar surface area (TPSA) is 55.0 Å². The Hall–Kier alpha value is -2.54. The molecule has 1 aromatic carbocycles. The Balaban J connectivity index is 2.36. The van der Waals surface area contributed by atoms with Gasteiger partial charge in [-0.1, -0.05) is 0 Å². The summed E-state index contributed by atoms with van der Waals surface area (Å²) in [6.07, 6.45) is 1.81. The summed E-state index contributed by atoms with van der Waals surface area (Å²) in [7, 11) is 0. The van der Waals surface area contributed by atoms with Crippen LogP contribution in [0, 0.1) is 25.2 Å². The molecule has 0 aliphatic heterocycles. The number of nitrogens with zero attached hydrogens (tertiary/aromatic N) is 2. The first-order valence-electron chi connectivity index (χ1n) is 6.44. The van der Waals surface area contributed by atoms with Crippen LogP contribution in [0.4, 0.5) is 0 Å². The zero-order valence-electron chi connectivity index (χ0n) is 11.8. The highest BCUT2D eigenvalue weighted by Crippen LogP contribution is 2.20. The number of carbonyl (C=O) groups excluding carboxylic acids is 1. The molecule has 2 rings (SSSR count). The average molecular weight is 268 g/mol. The second kappa shape index (κ2) is 5.62. The maximum Gasteiger partial charge on any atom is 0.338 e. The van der Waals surface area contributed by atoms with Crippen molar-refractivity contribution in [3.05, 3.63) is 52.8 Å². The number of nitriles is 1. The molecule has 20 heavy (non-hydrogen) atoms. The molecule has 0 amide bonds. The van der Waals surface area contributed by atoms with Gasteiger partial charge in [0.2, 0.25) is 0 Å². The SMILES string of the molecule is CCOC(=O)c1ccc(-n2cc(C#N)c(C)c2C)cc1. The Bertz CT molecular complexity index is 676. The number of rotatable bonds is 3. The van der Waals surface area contributed by atoms with Crippen molar-refractivity contribution in [1.82, 2.24) is 4.57 Å². The molecule has 0 aliphatic carbocycles. The van der Waals surface area contributed by atoms with E-state index in [-0.39, 0.29) is 5.97 Å². The second-order valence-corrected chi connectivity index (χ2v) is 4.50. The first kappa shape index (κ1) is 13.9. The number of carbonyl (C=O) groups is 1. The van der Waals surface area contributed by atoms with Crippen LogP contribution in [0.2, 0.25) is 0 Å². The number of hydrogen-bond donors (Lipinski definition) is 0. The molecule has 0 fully saturated rings. The van der Waals surface area contributed by atoms with E-state index in [1.54, 1.807) is 19.1 Å². The van der Waals surface area contributed by atoms with Crippen molar-refractivity contribution in [2.45, 2.75) is 20.8 Å². The van der Waals surface area contributed by atoms with Gasteiger partial charge < -0.3 is 9.30 Å². The van der Waals surface area contributed by atoms with Crippen LogP contribution < -0.4 is 0 Å². The summed E-state index contributed by atoms with van der Waals surface area (Å²) in [5, 5.41) is 9.05. The van der Waals surface area contributed by atoms with Crippen LogP contribution in [0.25, 0.3) is 5.69 Å². The number of ether oxygens (including phenoxy) is 1. The lowest BCUT2D eigenvalue weighted by Gasteiger charge is -2.07. The van der Waals surface area contributed by atoms with Gasteiger partial charge in [-0.05, 0) is 50.6 Å². The average Bonchev–Trinajstić information content (AvgIpc) is 2.75. The fourth-order valence-electron chi connectivity index (χ4n) is 2.05. The zero-order chi connectivity index (χ0) is 14.7. The highest BCUT2D eigenvalue weighted by molar-refractivity contribution is 5.89. The Kier molecular flexibility index (Phi) is 3.90. The smallest absolute Gasteiger partial charge is 0.338 e. The molecular formula is C16H16N2O2. The fourth-order valence-corrected chi connectivity index (χ4v) is 2.05. The van der Waals surface area contributed by atoms with Gasteiger partial charge in [-0.3, -0.25) is 0 Å². The third-order valence-electron chi connectivity index (χ3n) is 3.34. The number of esters is 1. The van der Waals surface area contributed by atoms with E-state index in [0.717, 1.165) is 16.9 Å². The van der Waals surface area contributed by atoms with Crippen LogP contribution in [0.15, 0.2) is 30.5 Å². The Labute approximate surface area is 118 Å². The number of hydrogen-bond acceptors (Lipinski definition) is 3. The first-order valence-corrected chi connectivity index (χ1v) is 6.44. The molecule has 0 aliphatic rings. The molecule has 0 radical (unpaired) electrons. The monoisotopic (exact) mass is 268 g/mol. The molecule has 2 aromatic rings. The predicted octanol–water partition coefficient (Wildman–Crippen LogP) is 3.14. The van der Waals surface area contributed by atoms with Gasteiger partial charge in [0.1, 0.15) is 6.07 Å². The summed E-state index contributed by atoms with van der Waals surface area (Å²) in [6, 6.07) is 9.33. The summed E-state index contributed by atoms with van der Waals surface area (Å²) in [4.78, 5) is 11.6. The van der Waals surface area contributed by atoms with Gasteiger partial charge in [0.25, 0.3) is 0 Å². The van der Waals surface area contributed by atoms with E-state index in [9.17, 15) is 4.79 Å². The summed E-state index contributed by atoms with van der Waals surface area (Å²) < 4.78 is 6.90. The van der Waals surface area contributed by atoms with E-state index >= 15 is 0 Å². The normalized spacial score (nSPS) is 10.1. The minimum absolute atomic E-state index is 0.322. The Morgan fingerprint density at radius 2 is 1.95 bits per heavy atom. The van der Waals surface area contributed by atoms with Crippen LogP contribution in [-0.4, -0.2) is 17.1 Å². The molecule has 1 heterocycles. The van der Waals surface area contributed by atoms with Crippen LogP contribution in [-0.2, 0) is 4.74 Å². The molecule has 0 spiro atoms. The maximum atomic E-state index is 11.6. The van der Waals surface area contributed by atoms with E-state index < -0.39 is 0 Å². The molecule has 102 valence electrons. The van der Waals surface area contributed by atoms with Crippen LogP contribution in [0.1, 0.15) is 34.1 Å². The van der Waals surface area contributed by atoms with Gasteiger partial charge in [-0.15, -0.1) is 0 Å². The standard InChI is InChI=1S/C16H16N2O2/c1-4-20-16(19)13-5-7-15(8-6-13)18-10-14(9-17)11(2)12(18)3/h5-8,10H,4H2,1-3H3. The lowest BCUT2D eigenvalue weighted by molar-refractivity contribution is 0.0526. The van der Waals surface area contributed by atoms with E-state index in [2.05, 4.69) is 6.07 Å². The molecule has 0 bridgehead atoms. The summed E-state index contributed by atoms with van der Waals surface area (Å²) >= 11 is 0. The lowest BCUT2D eigenvalue weighted by Crippen LogP contribution is -2.04. The summed E-state index contributed by atoms with van der Waals surface area (Å²) in [5.74, 6) is -0.322. The van der Waals surface area contributed by atoms with Crippen molar-refractivity contribution >= 4 is 5.97 Å². The first-order chi connectivity index (χ1) is 9.58. The largest absolute Gasteiger partial charge is 0.462 e. The van der Waals surface area contributed by atoms with Gasteiger partial charge >= 0.3 is 5.97 Å². The highest BCUT2D eigenvalue weighted by Gasteiger charge is 2.11. The molecule has 4 heteroatoms. The zero-order valence-corrected chi connectivity index (χ0v) is 11.8. The van der Waals surface area contributed by atoms with Crippen molar-refractivity contribution in [3.63, 3.8) is 0 Å². The lowest BCUT2D eigenvalue weighted by atomic mass is 10.2. The molecule has 0 atom stereocenters. The third kappa shape index (κ3) is 2.43. The molecule has 0 unspecified atom stereocenters. The predicted molar refractivity (Wildman–Crippen MR) is 75.9 cm³/mol. The second-order valence-electron chi connectivity index (χ2n) is 4.50. The van der Waals surface area contributed by atoms with E-state index in [0.29, 0.717) is 17.7 Å². The van der Waals surface area contributed by atoms with E-state index in [1.165, 1.54) is 0 Å². The number of aromatic nitrogens is 1. The van der Waals surface area contributed by atoms with Gasteiger partial charge in [0.15, 0.2) is 0 Å². The van der Waals surface area contributed by atoms with E-state index in [1.807, 2.05) is 36.7 Å². The third-order valence-corrected chi connectivity index (χ3v) is 3.34. The van der Waals surface area contributed by atoms with Crippen LogP contribution in [0.3, 0.4) is 0 Å². The summed E-state index contributed by atoms with van der Waals surface area (Å²) in [5.41, 5.74) is 4.10. The minimum atomic E-state index is -0.322. The van der Waals surface area contributed by atoms with Crippen LogP contribution >= 0.6 is 0 Å². The minimum Gasteiger partial charge on any atom is -0.462 e. The number of benzene rings is 1. The highest BCUT2D eigenvalue weighted by atomic mass is 16.5. The summed E-state index contributed by atoms with van der Waals surface area (Å²) in [6.45, 7) is 6.04. The molecule has 4 nitrogen and oxygen atoms in total. The molecule has 0 saturated heterocycles. The van der Waals surface area contributed by atoms with Gasteiger partial charge in [-0.2, -0.15) is 5.26 Å². The van der Waals surface area contributed by atoms with Crippen molar-refractivity contribution in [3.8, 4) is 11.8 Å². The Morgan fingerprint density at radius 1 is 1.30 bits per heavy atom. The van der Waals surface area contributed by atoms with Crippen molar-refractivity contribution < 1.29 is 9.53 Å². The van der Waals surface area contributed by atoms with Gasteiger partial charge in [0, 0.05) is 17.6 Å². The van der Waals surface area contributed by atoms with Gasteiger partial charge in [-0.25, -0.2) is 4.79 Å². The van der Waals surface area contributed by atoms with Crippen molar-refractivity contribution in [2.24, 2.45) is 0 Å². The molecule has 0 saturated carbocycles. The molecular weight excluding hydrogens is 252 g/mol. The van der Waals surface area contributed by atoms with Crippen LogP contribution in [0.5, 0.6) is 0 Å². The molecule has 0 N–H and O–H groups in total. The fraction of sp³-hybridized carbons (Fsp3) is 0.250. The molecule has 1 aromatic heterocycles. The maximum absolute atomic E-state index is 11.6. The quantitative estimate of drug-likeness (QED) is 0.803. The van der Waals surface area contributed by atoms with Crippen molar-refractivity contribution in [2.75, 3.05) is 6.61 Å².